The van der Waals surface area contributed by atoms with E-state index in [1.54, 1.807) is 0 Å². The molecule has 14 heteroatoms. The first-order valence-electron chi connectivity index (χ1n) is 20.6. The van der Waals surface area contributed by atoms with Gasteiger partial charge in [0.15, 0.2) is 0 Å². The van der Waals surface area contributed by atoms with Crippen molar-refractivity contribution in [2.75, 3.05) is 13.2 Å². The quantitative estimate of drug-likeness (QED) is 0.111. The van der Waals surface area contributed by atoms with Crippen molar-refractivity contribution >= 4 is 182 Å². The molecule has 0 atom stereocenters. The van der Waals surface area contributed by atoms with E-state index in [4.69, 9.17) is 4.74 Å². The van der Waals surface area contributed by atoms with Crippen molar-refractivity contribution in [1.82, 2.24) is 0 Å². The van der Waals surface area contributed by atoms with Crippen LogP contribution in [0, 0.1) is 39.9 Å². The van der Waals surface area contributed by atoms with Gasteiger partial charge in [-0.05, 0) is 12.8 Å². The van der Waals surface area contributed by atoms with Crippen molar-refractivity contribution in [2.45, 2.75) is 12.8 Å². The van der Waals surface area contributed by atoms with Gasteiger partial charge in [-0.2, -0.15) is 0 Å². The molecule has 9 rings (SSSR count). The average molecular weight is 1680 g/mol. The third kappa shape index (κ3) is 19.1. The van der Waals surface area contributed by atoms with Crippen molar-refractivity contribution in [3.63, 3.8) is 0 Å². The minimum absolute atomic E-state index is 0. The van der Waals surface area contributed by atoms with Gasteiger partial charge < -0.3 is 4.74 Å². The molecule has 8 aromatic rings. The van der Waals surface area contributed by atoms with Crippen LogP contribution in [0.5, 0.6) is 0 Å². The van der Waals surface area contributed by atoms with Gasteiger partial charge in [0.1, 0.15) is 0 Å². The molecule has 0 radical (unpaired) electrons. The van der Waals surface area contributed by atoms with Gasteiger partial charge in [-0.15, -0.1) is 0 Å². The van der Waals surface area contributed by atoms with Crippen LogP contribution < -0.4 is 42.4 Å². The van der Waals surface area contributed by atoms with Gasteiger partial charge in [0.05, 0.1) is 0 Å². The summed E-state index contributed by atoms with van der Waals surface area (Å²) in [7, 11) is 0. The van der Waals surface area contributed by atoms with Crippen LogP contribution in [0.4, 0.5) is 0 Å². The monoisotopic (exact) mass is 1680 g/mol. The molecule has 1 aliphatic heterocycles. The van der Waals surface area contributed by atoms with Gasteiger partial charge in [0.25, 0.3) is 0 Å². The van der Waals surface area contributed by atoms with Crippen molar-refractivity contribution in [3.05, 3.63) is 243 Å². The zero-order valence-corrected chi connectivity index (χ0v) is 57.3. The minimum atomic E-state index is -1.40. The summed E-state index contributed by atoms with van der Waals surface area (Å²) in [6.07, 6.45) is 2.56. The number of rotatable bonds is 8. The maximum atomic E-state index is 4.94. The summed E-state index contributed by atoms with van der Waals surface area (Å²) >= 11 is 26.7. The minimum Gasteiger partial charge on any atom is 4.00 e. The maximum absolute atomic E-state index is 4.94. The van der Waals surface area contributed by atoms with E-state index >= 15 is 0 Å². The topological polar surface area (TPSA) is 9.23 Å². The first-order valence-corrected chi connectivity index (χ1v) is 45.5. The number of hydrogen-bond acceptors (Lipinski definition) is 1. The molecule has 8 aromatic carbocycles. The number of hydrogen-bond donors (Lipinski definition) is 0. The van der Waals surface area contributed by atoms with Gasteiger partial charge >= 0.3 is 464 Å². The Morgan fingerprint density at radius 2 is 0.379 bits per heavy atom. The molecule has 0 aliphatic carbocycles. The van der Waals surface area contributed by atoms with Crippen LogP contribution in [-0.2, 0) is 4.74 Å². The van der Waals surface area contributed by atoms with Gasteiger partial charge in [-0.25, -0.2) is 0 Å². The smallest absolute Gasteiger partial charge is 4.00 e. The Balaban J connectivity index is 0.000000184. The third-order valence-corrected chi connectivity index (χ3v) is 38.7. The molecule has 0 aromatic heterocycles. The number of ether oxygens (including phenoxy) is 1. The summed E-state index contributed by atoms with van der Waals surface area (Å²) in [5.41, 5.74) is 0. The molecule has 1 nitrogen and oxygen atoms in total. The Morgan fingerprint density at radius 1 is 0.258 bits per heavy atom. The van der Waals surface area contributed by atoms with E-state index in [-0.39, 0.29) is 39.9 Å². The SMILES string of the molecule is C1CCOC1.[Se]=P([Se-])(c1ccccc1)c1ccccc1.[Se]=P([Se-])(c1ccccc1)c1ccccc1.[Se]=P([Se-])(c1ccccc1)c1ccccc1.[Se]=P([Se-])(c1ccccc1)c1ccccc1.[Th+4]. The van der Waals surface area contributed by atoms with E-state index < -0.39 is 16.8 Å². The summed E-state index contributed by atoms with van der Waals surface area (Å²) in [5, 5.41) is 10.9. The molecule has 0 N–H and O–H groups in total. The maximum Gasteiger partial charge on any atom is 4.00 e. The summed E-state index contributed by atoms with van der Waals surface area (Å²) in [5.74, 6) is 0. The standard InChI is InChI=1S/4C12H11PSe2.C4H8O.Th/c4*14-13(15,11-7-3-1-4-8-11)12-9-5-2-6-10-12;1-2-4-5-3-1;/h4*1-10H,(H,14,15);1-4H2;/q;;;;;+4/p-4. The van der Waals surface area contributed by atoms with Crippen molar-refractivity contribution in [2.24, 2.45) is 0 Å². The zero-order valence-electron chi connectivity index (χ0n) is 35.9. The summed E-state index contributed by atoms with van der Waals surface area (Å²) in [4.78, 5) is 0. The molecule has 1 aliphatic rings. The summed E-state index contributed by atoms with van der Waals surface area (Å²) < 4.78 is -0.645. The second-order valence-corrected chi connectivity index (χ2v) is 64.4. The molecular weight excluding hydrogens is 1630 g/mol. The normalized spacial score (nSPS) is 12.1. The van der Waals surface area contributed by atoms with E-state index in [1.807, 2.05) is 0 Å². The Morgan fingerprint density at radius 3 is 0.470 bits per heavy atom. The van der Waals surface area contributed by atoms with Crippen LogP contribution >= 0.6 is 16.8 Å². The fourth-order valence-electron chi connectivity index (χ4n) is 6.10. The second kappa shape index (κ2) is 31.5. The molecule has 0 amide bonds. The predicted octanol–water partition coefficient (Wildman–Crippen LogP) is 8.08. The van der Waals surface area contributed by atoms with Crippen LogP contribution in [0.3, 0.4) is 0 Å². The van der Waals surface area contributed by atoms with Gasteiger partial charge in [0.2, 0.25) is 0 Å². The molecule has 0 spiro atoms. The first kappa shape index (κ1) is 59.5. The molecule has 0 unspecified atom stereocenters. The van der Waals surface area contributed by atoms with E-state index in [9.17, 15) is 0 Å². The molecule has 1 heterocycles. The molecule has 334 valence electrons. The van der Waals surface area contributed by atoms with Gasteiger partial charge in [-0.1, -0.05) is 0 Å². The molecule has 0 saturated carbocycles. The molecular formula is C52H48OP4Se8Th. The first-order chi connectivity index (χ1) is 31.3. The fourth-order valence-corrected chi connectivity index (χ4v) is 24.1. The van der Waals surface area contributed by atoms with Crippen molar-refractivity contribution < 1.29 is 44.7 Å². The van der Waals surface area contributed by atoms with Crippen LogP contribution in [0.15, 0.2) is 243 Å². The predicted molar refractivity (Wildman–Crippen MR) is 302 cm³/mol. The Labute approximate surface area is 488 Å². The molecule has 1 saturated heterocycles. The van der Waals surface area contributed by atoms with E-state index in [0.717, 1.165) is 13.2 Å². The van der Waals surface area contributed by atoms with Gasteiger partial charge in [-0.3, -0.25) is 0 Å². The van der Waals surface area contributed by atoms with Crippen molar-refractivity contribution in [1.29, 1.82) is 0 Å². The zero-order chi connectivity index (χ0) is 46.4. The Bertz CT molecular complexity index is 2220. The molecule has 1 fully saturated rings. The van der Waals surface area contributed by atoms with E-state index in [0.29, 0.717) is 0 Å². The fraction of sp³-hybridized carbons (Fsp3) is 0.0769. The average Bonchev–Trinajstić information content (AvgIpc) is 3.98. The van der Waals surface area contributed by atoms with Crippen LogP contribution in [0.1, 0.15) is 12.8 Å². The Kier molecular flexibility index (Phi) is 28.4. The van der Waals surface area contributed by atoms with Crippen LogP contribution in [0.2, 0.25) is 0 Å². The van der Waals surface area contributed by atoms with E-state index in [1.165, 1.54) is 55.3 Å². The largest absolute Gasteiger partial charge is 4.00 e. The van der Waals surface area contributed by atoms with Crippen molar-refractivity contribution in [3.8, 4) is 0 Å². The molecule has 66 heavy (non-hydrogen) atoms. The van der Waals surface area contributed by atoms with E-state index in [2.05, 4.69) is 365 Å². The van der Waals surface area contributed by atoms with Gasteiger partial charge in [0, 0.05) is 13.2 Å². The summed E-state index contributed by atoms with van der Waals surface area (Å²) in [6, 6.07) is 84.6. The Hall–Kier alpha value is 0.921. The van der Waals surface area contributed by atoms with Crippen LogP contribution in [0.25, 0.3) is 0 Å². The second-order valence-electron chi connectivity index (χ2n) is 14.2. The van der Waals surface area contributed by atoms with Crippen LogP contribution in [-0.4, -0.2) is 136 Å². The summed E-state index contributed by atoms with van der Waals surface area (Å²) in [6.45, 7) is 2.00. The molecule has 0 bridgehead atoms. The third-order valence-electron chi connectivity index (χ3n) is 9.60. The number of benzene rings is 8.